The fraction of sp³-hybridized carbons (Fsp3) is 0.538. The van der Waals surface area contributed by atoms with E-state index in [0.717, 1.165) is 30.6 Å². The molecule has 0 spiro atoms. The molecule has 0 amide bonds. The van der Waals surface area contributed by atoms with Crippen molar-refractivity contribution in [2.45, 2.75) is 83.7 Å². The second-order valence-corrected chi connectivity index (χ2v) is 10.3. The zero-order valence-corrected chi connectivity index (χ0v) is 18.4. The van der Waals surface area contributed by atoms with Crippen molar-refractivity contribution < 1.29 is 9.84 Å². The van der Waals surface area contributed by atoms with Gasteiger partial charge in [0.15, 0.2) is 0 Å². The molecule has 0 aromatic heterocycles. The molecule has 2 atom stereocenters. The van der Waals surface area contributed by atoms with E-state index in [2.05, 4.69) is 84.0 Å². The molecule has 2 nitrogen and oxygen atoms in total. The minimum Gasteiger partial charge on any atom is -0.507 e. The van der Waals surface area contributed by atoms with Crippen LogP contribution in [0.2, 0.25) is 0 Å². The zero-order valence-electron chi connectivity index (χ0n) is 18.4. The molecule has 1 saturated heterocycles. The van der Waals surface area contributed by atoms with Gasteiger partial charge in [-0.25, -0.2) is 0 Å². The van der Waals surface area contributed by atoms with Crippen LogP contribution >= 0.6 is 0 Å². The summed E-state index contributed by atoms with van der Waals surface area (Å²) in [6, 6.07) is 15.2. The van der Waals surface area contributed by atoms with Crippen molar-refractivity contribution in [3.05, 3.63) is 64.7 Å². The Morgan fingerprint density at radius 3 is 1.89 bits per heavy atom. The van der Waals surface area contributed by atoms with E-state index in [1.165, 1.54) is 17.5 Å². The van der Waals surface area contributed by atoms with Gasteiger partial charge in [-0.2, -0.15) is 0 Å². The number of phenols is 1. The predicted molar refractivity (Wildman–Crippen MR) is 117 cm³/mol. The molecule has 2 unspecified atom stereocenters. The molecule has 3 rings (SSSR count). The molecule has 0 saturated carbocycles. The highest BCUT2D eigenvalue weighted by Gasteiger charge is 2.32. The van der Waals surface area contributed by atoms with Crippen LogP contribution in [0.15, 0.2) is 42.5 Å². The average Bonchev–Trinajstić information content (AvgIpc) is 2.63. The second kappa shape index (κ2) is 7.91. The van der Waals surface area contributed by atoms with Gasteiger partial charge in [0.25, 0.3) is 0 Å². The molecule has 0 radical (unpaired) electrons. The van der Waals surface area contributed by atoms with Gasteiger partial charge in [0.1, 0.15) is 5.75 Å². The number of aromatic hydroxyl groups is 1. The summed E-state index contributed by atoms with van der Waals surface area (Å²) < 4.78 is 6.27. The molecule has 2 aromatic rings. The van der Waals surface area contributed by atoms with Crippen molar-refractivity contribution in [3.63, 3.8) is 0 Å². The van der Waals surface area contributed by atoms with Gasteiger partial charge in [0, 0.05) is 12.5 Å². The molecular formula is C26H36O2. The maximum Gasteiger partial charge on any atom is 0.123 e. The quantitative estimate of drug-likeness (QED) is 0.643. The maximum absolute atomic E-state index is 11.1. The molecule has 0 aliphatic carbocycles. The van der Waals surface area contributed by atoms with E-state index in [1.54, 1.807) is 0 Å². The van der Waals surface area contributed by atoms with E-state index in [4.69, 9.17) is 4.74 Å². The van der Waals surface area contributed by atoms with Crippen LogP contribution in [0, 0.1) is 0 Å². The molecule has 1 aliphatic rings. The molecule has 2 aromatic carbocycles. The Bertz CT molecular complexity index is 752. The summed E-state index contributed by atoms with van der Waals surface area (Å²) in [6.07, 6.45) is 3.62. The minimum atomic E-state index is -0.130. The van der Waals surface area contributed by atoms with Gasteiger partial charge in [0.2, 0.25) is 0 Å². The first kappa shape index (κ1) is 20.9. The number of benzene rings is 2. The Hall–Kier alpha value is -1.80. The monoisotopic (exact) mass is 380 g/mol. The van der Waals surface area contributed by atoms with Crippen LogP contribution in [0.4, 0.5) is 0 Å². The molecule has 0 bridgehead atoms. The topological polar surface area (TPSA) is 29.5 Å². The Morgan fingerprint density at radius 1 is 0.857 bits per heavy atom. The summed E-state index contributed by atoms with van der Waals surface area (Å²) in [7, 11) is 0. The molecule has 1 N–H and O–H groups in total. The van der Waals surface area contributed by atoms with Crippen LogP contribution in [0.3, 0.4) is 0 Å². The van der Waals surface area contributed by atoms with Gasteiger partial charge in [-0.15, -0.1) is 0 Å². The summed E-state index contributed by atoms with van der Waals surface area (Å²) in [5.41, 5.74) is 4.33. The summed E-state index contributed by atoms with van der Waals surface area (Å²) in [5.74, 6) is 0.629. The normalized spacial score (nSPS) is 19.4. The van der Waals surface area contributed by atoms with Crippen LogP contribution in [-0.2, 0) is 15.6 Å². The lowest BCUT2D eigenvalue weighted by Gasteiger charge is -2.34. The first-order chi connectivity index (χ1) is 13.1. The first-order valence-electron chi connectivity index (χ1n) is 10.6. The molecule has 28 heavy (non-hydrogen) atoms. The molecule has 152 valence electrons. The molecule has 1 aliphatic heterocycles. The fourth-order valence-corrected chi connectivity index (χ4v) is 4.29. The molecule has 2 heteroatoms. The Morgan fingerprint density at radius 2 is 1.43 bits per heavy atom. The van der Waals surface area contributed by atoms with Crippen LogP contribution in [0.5, 0.6) is 5.75 Å². The van der Waals surface area contributed by atoms with E-state index >= 15 is 0 Å². The van der Waals surface area contributed by atoms with Crippen molar-refractivity contribution in [1.29, 1.82) is 0 Å². The Labute approximate surface area is 170 Å². The van der Waals surface area contributed by atoms with Crippen molar-refractivity contribution in [2.24, 2.45) is 0 Å². The zero-order chi connectivity index (χ0) is 20.5. The van der Waals surface area contributed by atoms with Gasteiger partial charge >= 0.3 is 0 Å². The van der Waals surface area contributed by atoms with Crippen LogP contribution in [0.1, 0.15) is 89.0 Å². The van der Waals surface area contributed by atoms with Gasteiger partial charge < -0.3 is 9.84 Å². The van der Waals surface area contributed by atoms with Gasteiger partial charge in [0.05, 0.1) is 6.10 Å². The lowest BCUT2D eigenvalue weighted by Crippen LogP contribution is -2.28. The summed E-state index contributed by atoms with van der Waals surface area (Å²) >= 11 is 0. The highest BCUT2D eigenvalue weighted by Crippen LogP contribution is 2.43. The summed E-state index contributed by atoms with van der Waals surface area (Å²) in [4.78, 5) is 0. The number of phenolic OH excluding ortho intramolecular Hbond substituents is 1. The average molecular weight is 381 g/mol. The first-order valence-corrected chi connectivity index (χ1v) is 10.6. The summed E-state index contributed by atoms with van der Waals surface area (Å²) in [6.45, 7) is 13.9. The number of hydrogen-bond donors (Lipinski definition) is 1. The number of hydrogen-bond acceptors (Lipinski definition) is 2. The van der Waals surface area contributed by atoms with E-state index in [-0.39, 0.29) is 22.9 Å². The SMILES string of the molecule is CC(C)(C)c1cc(C(c2ccccc2)C2CCCCO2)cc(C(C)(C)C)c1O. The maximum atomic E-state index is 11.1. The van der Waals surface area contributed by atoms with Crippen LogP contribution in [0.25, 0.3) is 0 Å². The van der Waals surface area contributed by atoms with E-state index in [9.17, 15) is 5.11 Å². The number of ether oxygens (including phenoxy) is 1. The summed E-state index contributed by atoms with van der Waals surface area (Å²) in [5, 5.41) is 11.1. The van der Waals surface area contributed by atoms with Gasteiger partial charge in [-0.05, 0) is 52.3 Å². The third kappa shape index (κ3) is 4.43. The van der Waals surface area contributed by atoms with Gasteiger partial charge in [-0.1, -0.05) is 84.0 Å². The van der Waals surface area contributed by atoms with Crippen molar-refractivity contribution in [2.75, 3.05) is 6.61 Å². The van der Waals surface area contributed by atoms with Gasteiger partial charge in [-0.3, -0.25) is 0 Å². The predicted octanol–water partition coefficient (Wildman–Crippen LogP) is 6.69. The number of rotatable bonds is 3. The standard InChI is InChI=1S/C26H36O2/c1-25(2,3)20-16-19(17-21(24(20)27)26(4,5)6)23(18-12-8-7-9-13-18)22-14-10-11-15-28-22/h7-9,12-13,16-17,22-23,27H,10-11,14-15H2,1-6H3. The Kier molecular flexibility index (Phi) is 5.91. The van der Waals surface area contributed by atoms with E-state index in [0.29, 0.717) is 5.75 Å². The highest BCUT2D eigenvalue weighted by atomic mass is 16.5. The highest BCUT2D eigenvalue weighted by molar-refractivity contribution is 5.52. The van der Waals surface area contributed by atoms with E-state index in [1.807, 2.05) is 0 Å². The largest absolute Gasteiger partial charge is 0.507 e. The fourth-order valence-electron chi connectivity index (χ4n) is 4.29. The van der Waals surface area contributed by atoms with Crippen molar-refractivity contribution >= 4 is 0 Å². The molecule has 1 fully saturated rings. The lowest BCUT2D eigenvalue weighted by molar-refractivity contribution is 0.00632. The Balaban J connectivity index is 2.21. The van der Waals surface area contributed by atoms with Crippen molar-refractivity contribution in [3.8, 4) is 5.75 Å². The molecule has 1 heterocycles. The van der Waals surface area contributed by atoms with Crippen LogP contribution < -0.4 is 0 Å². The minimum absolute atomic E-state index is 0.130. The van der Waals surface area contributed by atoms with E-state index < -0.39 is 0 Å². The molecular weight excluding hydrogens is 344 g/mol. The van der Waals surface area contributed by atoms with Crippen LogP contribution in [-0.4, -0.2) is 17.8 Å². The van der Waals surface area contributed by atoms with Crippen molar-refractivity contribution in [1.82, 2.24) is 0 Å². The smallest absolute Gasteiger partial charge is 0.123 e. The third-order valence-electron chi connectivity index (χ3n) is 5.85. The second-order valence-electron chi connectivity index (χ2n) is 10.3. The third-order valence-corrected chi connectivity index (χ3v) is 5.85. The lowest BCUT2D eigenvalue weighted by atomic mass is 9.75.